The van der Waals surface area contributed by atoms with Gasteiger partial charge in [0.2, 0.25) is 5.91 Å². The molecule has 0 aromatic heterocycles. The number of carbonyl (C=O) groups excluding carboxylic acids is 1. The Kier molecular flexibility index (Phi) is 9.59. The quantitative estimate of drug-likeness (QED) is 0.669. The van der Waals surface area contributed by atoms with Gasteiger partial charge in [0, 0.05) is 13.1 Å². The van der Waals surface area contributed by atoms with Crippen molar-refractivity contribution >= 4 is 17.7 Å². The maximum atomic E-state index is 12.0. The Labute approximate surface area is 110 Å². The second-order valence-electron chi connectivity index (χ2n) is 4.46. The zero-order chi connectivity index (χ0) is 13.3. The topological polar surface area (TPSA) is 49.6 Å². The number of amides is 1. The van der Waals surface area contributed by atoms with Gasteiger partial charge in [-0.05, 0) is 52.4 Å². The van der Waals surface area contributed by atoms with E-state index in [4.69, 9.17) is 5.73 Å². The first-order valence-corrected chi connectivity index (χ1v) is 7.60. The summed E-state index contributed by atoms with van der Waals surface area (Å²) in [6.45, 7) is 4.57. The minimum atomic E-state index is -0.332. The van der Waals surface area contributed by atoms with E-state index in [0.717, 1.165) is 38.2 Å². The van der Waals surface area contributed by atoms with Crippen LogP contribution in [0.5, 0.6) is 0 Å². The van der Waals surface area contributed by atoms with Gasteiger partial charge >= 0.3 is 0 Å². The van der Waals surface area contributed by atoms with Crippen LogP contribution in [0.3, 0.4) is 0 Å². The van der Waals surface area contributed by atoms with Crippen LogP contribution in [0.25, 0.3) is 0 Å². The highest BCUT2D eigenvalue weighted by Gasteiger charge is 2.18. The monoisotopic (exact) mass is 261 g/mol. The van der Waals surface area contributed by atoms with Crippen LogP contribution in [0.15, 0.2) is 0 Å². The molecule has 4 nitrogen and oxygen atoms in total. The van der Waals surface area contributed by atoms with Crippen LogP contribution in [-0.4, -0.2) is 67.5 Å². The number of hydrogen-bond acceptors (Lipinski definition) is 4. The smallest absolute Gasteiger partial charge is 0.239 e. The van der Waals surface area contributed by atoms with Crippen molar-refractivity contribution in [3.8, 4) is 0 Å². The van der Waals surface area contributed by atoms with Gasteiger partial charge in [-0.15, -0.1) is 0 Å². The first kappa shape index (κ1) is 16.7. The molecule has 0 radical (unpaired) electrons. The number of rotatable bonds is 9. The summed E-state index contributed by atoms with van der Waals surface area (Å²) in [6.07, 6.45) is 3.80. The molecule has 2 N–H and O–H groups in total. The van der Waals surface area contributed by atoms with Gasteiger partial charge in [0.1, 0.15) is 0 Å². The number of thioether (sulfide) groups is 1. The summed E-state index contributed by atoms with van der Waals surface area (Å²) < 4.78 is 0. The molecular weight excluding hydrogens is 234 g/mol. The van der Waals surface area contributed by atoms with E-state index in [9.17, 15) is 4.79 Å². The second-order valence-corrected chi connectivity index (χ2v) is 5.45. The van der Waals surface area contributed by atoms with Crippen LogP contribution in [0.1, 0.15) is 19.8 Å². The van der Waals surface area contributed by atoms with E-state index < -0.39 is 0 Å². The van der Waals surface area contributed by atoms with Crippen molar-refractivity contribution in [2.24, 2.45) is 5.73 Å². The Balaban J connectivity index is 4.01. The second kappa shape index (κ2) is 9.74. The maximum absolute atomic E-state index is 12.0. The van der Waals surface area contributed by atoms with Gasteiger partial charge in [0.15, 0.2) is 0 Å². The third-order valence-corrected chi connectivity index (χ3v) is 3.32. The summed E-state index contributed by atoms with van der Waals surface area (Å²) in [5.74, 6) is 1.04. The molecule has 0 aromatic rings. The molecule has 1 amide bonds. The van der Waals surface area contributed by atoms with E-state index in [-0.39, 0.29) is 11.9 Å². The van der Waals surface area contributed by atoms with Crippen molar-refractivity contribution in [1.29, 1.82) is 0 Å². The van der Waals surface area contributed by atoms with Gasteiger partial charge in [-0.3, -0.25) is 4.79 Å². The van der Waals surface area contributed by atoms with E-state index in [1.54, 1.807) is 11.8 Å². The Hall–Kier alpha value is -0.260. The van der Waals surface area contributed by atoms with Crippen molar-refractivity contribution in [3.63, 3.8) is 0 Å². The lowest BCUT2D eigenvalue weighted by molar-refractivity contribution is -0.132. The summed E-state index contributed by atoms with van der Waals surface area (Å²) in [7, 11) is 4.09. The van der Waals surface area contributed by atoms with Crippen LogP contribution < -0.4 is 5.73 Å². The summed E-state index contributed by atoms with van der Waals surface area (Å²) >= 11 is 1.73. The molecule has 0 unspecified atom stereocenters. The van der Waals surface area contributed by atoms with Gasteiger partial charge in [-0.1, -0.05) is 0 Å². The lowest BCUT2D eigenvalue weighted by Gasteiger charge is -2.25. The van der Waals surface area contributed by atoms with Crippen LogP contribution >= 0.6 is 11.8 Å². The first-order chi connectivity index (χ1) is 8.02. The molecule has 17 heavy (non-hydrogen) atoms. The Bertz CT molecular complexity index is 212. The highest BCUT2D eigenvalue weighted by molar-refractivity contribution is 7.98. The third kappa shape index (κ3) is 7.63. The normalized spacial score (nSPS) is 12.8. The summed E-state index contributed by atoms with van der Waals surface area (Å²) in [4.78, 5) is 16.0. The SMILES string of the molecule is CCN(CCCN(C)C)C(=O)[C@H](N)CCSC. The molecule has 0 aromatic carbocycles. The predicted octanol–water partition coefficient (Wildman–Crippen LogP) is 0.867. The molecule has 0 fully saturated rings. The number of nitrogens with zero attached hydrogens (tertiary/aromatic N) is 2. The zero-order valence-electron chi connectivity index (χ0n) is 11.6. The van der Waals surface area contributed by atoms with Crippen LogP contribution in [-0.2, 0) is 4.79 Å². The predicted molar refractivity (Wildman–Crippen MR) is 76.4 cm³/mol. The standard InChI is InChI=1S/C12H27N3OS/c1-5-15(9-6-8-14(2)3)12(16)11(13)7-10-17-4/h11H,5-10,13H2,1-4H3/t11-/m1/s1. The summed E-state index contributed by atoms with van der Waals surface area (Å²) in [5, 5.41) is 0. The van der Waals surface area contributed by atoms with Crippen molar-refractivity contribution in [3.05, 3.63) is 0 Å². The average Bonchev–Trinajstić information content (AvgIpc) is 2.30. The Morgan fingerprint density at radius 1 is 1.35 bits per heavy atom. The van der Waals surface area contributed by atoms with Crippen LogP contribution in [0, 0.1) is 0 Å². The molecule has 0 spiro atoms. The van der Waals surface area contributed by atoms with E-state index in [0.29, 0.717) is 0 Å². The molecule has 0 heterocycles. The molecule has 0 aliphatic heterocycles. The molecule has 102 valence electrons. The molecule has 5 heteroatoms. The van der Waals surface area contributed by atoms with Gasteiger partial charge < -0.3 is 15.5 Å². The lowest BCUT2D eigenvalue weighted by atomic mass is 10.2. The number of hydrogen-bond donors (Lipinski definition) is 1. The minimum absolute atomic E-state index is 0.0975. The molecule has 0 aliphatic carbocycles. The van der Waals surface area contributed by atoms with Crippen molar-refractivity contribution in [1.82, 2.24) is 9.80 Å². The Morgan fingerprint density at radius 3 is 2.47 bits per heavy atom. The van der Waals surface area contributed by atoms with E-state index in [1.807, 2.05) is 32.2 Å². The van der Waals surface area contributed by atoms with Crippen molar-refractivity contribution in [2.45, 2.75) is 25.8 Å². The largest absolute Gasteiger partial charge is 0.342 e. The average molecular weight is 261 g/mol. The fourth-order valence-electron chi connectivity index (χ4n) is 1.60. The van der Waals surface area contributed by atoms with Gasteiger partial charge in [-0.2, -0.15) is 11.8 Å². The van der Waals surface area contributed by atoms with Gasteiger partial charge in [0.05, 0.1) is 6.04 Å². The summed E-state index contributed by atoms with van der Waals surface area (Å²) in [6, 6.07) is -0.332. The number of carbonyl (C=O) groups is 1. The molecule has 0 saturated heterocycles. The molecule has 0 rings (SSSR count). The minimum Gasteiger partial charge on any atom is -0.342 e. The highest BCUT2D eigenvalue weighted by Crippen LogP contribution is 2.03. The van der Waals surface area contributed by atoms with Gasteiger partial charge in [-0.25, -0.2) is 0 Å². The number of likely N-dealkylation sites (N-methyl/N-ethyl adjacent to an activating group) is 1. The summed E-state index contributed by atoms with van der Waals surface area (Å²) in [5.41, 5.74) is 5.90. The zero-order valence-corrected chi connectivity index (χ0v) is 12.4. The number of nitrogens with two attached hydrogens (primary N) is 1. The van der Waals surface area contributed by atoms with Crippen LogP contribution in [0.4, 0.5) is 0 Å². The van der Waals surface area contributed by atoms with E-state index in [1.165, 1.54) is 0 Å². The van der Waals surface area contributed by atoms with Crippen molar-refractivity contribution in [2.75, 3.05) is 45.7 Å². The van der Waals surface area contributed by atoms with E-state index in [2.05, 4.69) is 4.90 Å². The highest BCUT2D eigenvalue weighted by atomic mass is 32.2. The lowest BCUT2D eigenvalue weighted by Crippen LogP contribution is -2.44. The molecular formula is C12H27N3OS. The maximum Gasteiger partial charge on any atom is 0.239 e. The molecule has 0 saturated carbocycles. The first-order valence-electron chi connectivity index (χ1n) is 6.21. The molecule has 0 aliphatic rings. The molecule has 1 atom stereocenters. The fraction of sp³-hybridized carbons (Fsp3) is 0.917. The molecule has 0 bridgehead atoms. The van der Waals surface area contributed by atoms with Crippen molar-refractivity contribution < 1.29 is 4.79 Å². The third-order valence-electron chi connectivity index (χ3n) is 2.68. The van der Waals surface area contributed by atoms with Gasteiger partial charge in [0.25, 0.3) is 0 Å². The van der Waals surface area contributed by atoms with Crippen LogP contribution in [0.2, 0.25) is 0 Å². The Morgan fingerprint density at radius 2 is 2.00 bits per heavy atom. The van der Waals surface area contributed by atoms with E-state index >= 15 is 0 Å². The fourth-order valence-corrected chi connectivity index (χ4v) is 2.09.